The number of tetrazole rings is 1. The second-order valence-electron chi connectivity index (χ2n) is 7.71. The Morgan fingerprint density at radius 3 is 2.50 bits per heavy atom. The lowest BCUT2D eigenvalue weighted by Gasteiger charge is -2.18. The first-order chi connectivity index (χ1) is 16.4. The Kier molecular flexibility index (Phi) is 7.07. The van der Waals surface area contributed by atoms with Crippen LogP contribution in [-0.2, 0) is 18.4 Å². The topological polar surface area (TPSA) is 102 Å². The Morgan fingerprint density at radius 2 is 1.79 bits per heavy atom. The van der Waals surface area contributed by atoms with Gasteiger partial charge in [-0.2, -0.15) is 0 Å². The number of fused-ring (bicyclic) bond motifs is 1. The van der Waals surface area contributed by atoms with Crippen molar-refractivity contribution in [3.8, 4) is 5.75 Å². The average molecular weight is 477 g/mol. The highest BCUT2D eigenvalue weighted by Gasteiger charge is 2.13. The van der Waals surface area contributed by atoms with Crippen LogP contribution in [0, 0.1) is 0 Å². The first kappa shape index (κ1) is 23.2. The molecular formula is C24H24N6O3S. The number of carbonyl (C=O) groups is 2. The smallest absolute Gasteiger partial charge is 0.253 e. The van der Waals surface area contributed by atoms with Crippen LogP contribution in [-0.4, -0.2) is 56.8 Å². The van der Waals surface area contributed by atoms with E-state index in [1.807, 2.05) is 30.3 Å². The summed E-state index contributed by atoms with van der Waals surface area (Å²) in [6, 6.07) is 18.9. The van der Waals surface area contributed by atoms with Crippen LogP contribution in [0.3, 0.4) is 0 Å². The molecule has 4 aromatic rings. The molecule has 0 atom stereocenters. The zero-order chi connectivity index (χ0) is 24.1. The molecule has 174 valence electrons. The van der Waals surface area contributed by atoms with Crippen LogP contribution in [0.4, 0.5) is 5.69 Å². The van der Waals surface area contributed by atoms with Gasteiger partial charge in [0.2, 0.25) is 11.1 Å². The minimum absolute atomic E-state index is 0.0990. The summed E-state index contributed by atoms with van der Waals surface area (Å²) in [6.07, 6.45) is 0. The second kappa shape index (κ2) is 10.3. The number of aromatic nitrogens is 4. The number of rotatable bonds is 8. The van der Waals surface area contributed by atoms with E-state index >= 15 is 0 Å². The number of nitrogens with one attached hydrogen (secondary N) is 1. The highest BCUT2D eigenvalue weighted by atomic mass is 32.2. The van der Waals surface area contributed by atoms with Gasteiger partial charge in [-0.05, 0) is 69.2 Å². The van der Waals surface area contributed by atoms with Crippen molar-refractivity contribution in [2.75, 3.05) is 25.2 Å². The minimum atomic E-state index is -0.182. The molecule has 0 fully saturated rings. The van der Waals surface area contributed by atoms with Gasteiger partial charge in [0.1, 0.15) is 5.75 Å². The van der Waals surface area contributed by atoms with Crippen LogP contribution in [0.25, 0.3) is 10.8 Å². The maximum atomic E-state index is 12.9. The van der Waals surface area contributed by atoms with E-state index < -0.39 is 0 Å². The molecule has 1 aromatic heterocycles. The maximum Gasteiger partial charge on any atom is 0.253 e. The average Bonchev–Trinajstić information content (AvgIpc) is 3.27. The number of thioether (sulfide) groups is 1. The number of benzene rings is 3. The lowest BCUT2D eigenvalue weighted by molar-refractivity contribution is -0.113. The van der Waals surface area contributed by atoms with Crippen LogP contribution in [0.5, 0.6) is 5.75 Å². The van der Waals surface area contributed by atoms with E-state index in [2.05, 4.69) is 26.9 Å². The molecular weight excluding hydrogens is 452 g/mol. The third-order valence-corrected chi connectivity index (χ3v) is 6.22. The first-order valence-electron chi connectivity index (χ1n) is 10.5. The second-order valence-corrected chi connectivity index (χ2v) is 8.65. The molecule has 0 saturated heterocycles. The number of aryl methyl sites for hydroxylation is 1. The Hall–Kier alpha value is -3.92. The van der Waals surface area contributed by atoms with Crippen LogP contribution in [0.1, 0.15) is 15.9 Å². The van der Waals surface area contributed by atoms with Crippen molar-refractivity contribution in [2.45, 2.75) is 11.7 Å². The molecule has 34 heavy (non-hydrogen) atoms. The number of methoxy groups -OCH3 is 1. The van der Waals surface area contributed by atoms with Crippen molar-refractivity contribution in [3.63, 3.8) is 0 Å². The first-order valence-corrected chi connectivity index (χ1v) is 11.5. The van der Waals surface area contributed by atoms with Crippen LogP contribution < -0.4 is 10.1 Å². The Balaban J connectivity index is 1.33. The highest BCUT2D eigenvalue weighted by Crippen LogP contribution is 2.23. The third kappa shape index (κ3) is 5.52. The van der Waals surface area contributed by atoms with Gasteiger partial charge in [-0.15, -0.1) is 5.10 Å². The summed E-state index contributed by atoms with van der Waals surface area (Å²) < 4.78 is 6.78. The molecule has 3 aromatic carbocycles. The molecule has 0 aliphatic rings. The molecule has 10 heteroatoms. The van der Waals surface area contributed by atoms with Crippen molar-refractivity contribution in [1.29, 1.82) is 0 Å². The summed E-state index contributed by atoms with van der Waals surface area (Å²) in [6.45, 7) is 0.480. The van der Waals surface area contributed by atoms with Crippen LogP contribution in [0.2, 0.25) is 0 Å². The summed E-state index contributed by atoms with van der Waals surface area (Å²) in [4.78, 5) is 26.7. The van der Waals surface area contributed by atoms with Gasteiger partial charge in [0.15, 0.2) is 0 Å². The predicted molar refractivity (Wildman–Crippen MR) is 131 cm³/mol. The van der Waals surface area contributed by atoms with Gasteiger partial charge in [0, 0.05) is 31.9 Å². The van der Waals surface area contributed by atoms with Crippen molar-refractivity contribution in [1.82, 2.24) is 25.1 Å². The largest absolute Gasteiger partial charge is 0.497 e. The molecule has 0 saturated carbocycles. The summed E-state index contributed by atoms with van der Waals surface area (Å²) >= 11 is 1.24. The van der Waals surface area contributed by atoms with E-state index in [0.29, 0.717) is 23.0 Å². The van der Waals surface area contributed by atoms with Gasteiger partial charge >= 0.3 is 0 Å². The highest BCUT2D eigenvalue weighted by molar-refractivity contribution is 7.99. The van der Waals surface area contributed by atoms with Crippen LogP contribution in [0.15, 0.2) is 65.8 Å². The van der Waals surface area contributed by atoms with Gasteiger partial charge in [-0.3, -0.25) is 9.59 Å². The van der Waals surface area contributed by atoms with Gasteiger partial charge in [-0.1, -0.05) is 30.0 Å². The van der Waals surface area contributed by atoms with Crippen molar-refractivity contribution < 1.29 is 14.3 Å². The fourth-order valence-electron chi connectivity index (χ4n) is 3.43. The third-order valence-electron chi connectivity index (χ3n) is 5.21. The standard InChI is InChI=1S/C24H24N6O3S/c1-29(14-16-4-5-19-13-21(33-3)11-8-18(19)12-16)23(32)17-6-9-20(10-7-17)25-22(31)15-34-24-26-27-28-30(24)2/h4-13H,14-15H2,1-3H3,(H,25,31). The molecule has 2 amide bonds. The van der Waals surface area contributed by atoms with E-state index in [1.165, 1.54) is 16.4 Å². The SMILES string of the molecule is COc1ccc2cc(CN(C)C(=O)c3ccc(NC(=O)CSc4nnnn4C)cc3)ccc2c1. The van der Waals surface area contributed by atoms with Crippen LogP contribution >= 0.6 is 11.8 Å². The predicted octanol–water partition coefficient (Wildman–Crippen LogP) is 3.37. The summed E-state index contributed by atoms with van der Waals surface area (Å²) in [7, 11) is 5.13. The molecule has 4 rings (SSSR count). The Morgan fingerprint density at radius 1 is 1.06 bits per heavy atom. The molecule has 1 heterocycles. The van der Waals surface area contributed by atoms with Gasteiger partial charge in [-0.25, -0.2) is 4.68 Å². The Bertz CT molecular complexity index is 1320. The number of amides is 2. The zero-order valence-electron chi connectivity index (χ0n) is 19.1. The monoisotopic (exact) mass is 476 g/mol. The van der Waals surface area contributed by atoms with E-state index in [4.69, 9.17) is 4.74 Å². The van der Waals surface area contributed by atoms with Gasteiger partial charge < -0.3 is 15.0 Å². The van der Waals surface area contributed by atoms with E-state index in [0.717, 1.165) is 22.1 Å². The van der Waals surface area contributed by atoms with Crippen molar-refractivity contribution >= 4 is 40.0 Å². The summed E-state index contributed by atoms with van der Waals surface area (Å²) in [5.74, 6) is 0.709. The quantitative estimate of drug-likeness (QED) is 0.389. The lowest BCUT2D eigenvalue weighted by atomic mass is 10.1. The van der Waals surface area contributed by atoms with E-state index in [-0.39, 0.29) is 17.6 Å². The maximum absolute atomic E-state index is 12.9. The van der Waals surface area contributed by atoms with E-state index in [1.54, 1.807) is 50.4 Å². The fourth-order valence-corrected chi connectivity index (χ4v) is 4.08. The molecule has 0 bridgehead atoms. The van der Waals surface area contributed by atoms with Crippen molar-refractivity contribution in [3.05, 3.63) is 71.8 Å². The molecule has 1 N–H and O–H groups in total. The fraction of sp³-hybridized carbons (Fsp3) is 0.208. The Labute approximate surface area is 201 Å². The summed E-state index contributed by atoms with van der Waals surface area (Å²) in [5, 5.41) is 16.6. The van der Waals surface area contributed by atoms with Gasteiger partial charge in [0.25, 0.3) is 5.91 Å². The number of hydrogen-bond acceptors (Lipinski definition) is 7. The molecule has 9 nitrogen and oxygen atoms in total. The number of carbonyl (C=O) groups excluding carboxylic acids is 2. The number of hydrogen-bond donors (Lipinski definition) is 1. The number of nitrogens with zero attached hydrogens (tertiary/aromatic N) is 5. The van der Waals surface area contributed by atoms with Gasteiger partial charge in [0.05, 0.1) is 12.9 Å². The molecule has 0 aliphatic carbocycles. The lowest BCUT2D eigenvalue weighted by Crippen LogP contribution is -2.26. The molecule has 0 unspecified atom stereocenters. The van der Waals surface area contributed by atoms with Crippen molar-refractivity contribution in [2.24, 2.45) is 7.05 Å². The zero-order valence-corrected chi connectivity index (χ0v) is 19.9. The molecule has 0 spiro atoms. The van der Waals surface area contributed by atoms with E-state index in [9.17, 15) is 9.59 Å². The normalized spacial score (nSPS) is 10.8. The molecule has 0 aliphatic heterocycles. The number of anilines is 1. The molecule has 0 radical (unpaired) electrons. The number of ether oxygens (including phenoxy) is 1. The summed E-state index contributed by atoms with van der Waals surface area (Å²) in [5.41, 5.74) is 2.20. The minimum Gasteiger partial charge on any atom is -0.497 e.